The van der Waals surface area contributed by atoms with E-state index in [0.29, 0.717) is 11.3 Å². The molecule has 0 unspecified atom stereocenters. The zero-order chi connectivity index (χ0) is 23.8. The number of nitrogens with zero attached hydrogens (tertiary/aromatic N) is 4. The second-order valence-corrected chi connectivity index (χ2v) is 8.13. The summed E-state index contributed by atoms with van der Waals surface area (Å²) >= 11 is 0. The molecule has 0 spiro atoms. The highest BCUT2D eigenvalue weighted by Crippen LogP contribution is 2.17. The molecule has 0 saturated heterocycles. The maximum Gasteiger partial charge on any atom is 0.337 e. The van der Waals surface area contributed by atoms with E-state index in [-0.39, 0.29) is 24.3 Å². The first-order chi connectivity index (χ1) is 16.4. The Morgan fingerprint density at radius 3 is 2.35 bits per heavy atom. The van der Waals surface area contributed by atoms with E-state index in [1.807, 2.05) is 55.5 Å². The Labute approximate surface area is 193 Å². The Kier molecular flexibility index (Phi) is 5.41. The van der Waals surface area contributed by atoms with Gasteiger partial charge in [0.2, 0.25) is 0 Å². The van der Waals surface area contributed by atoms with Gasteiger partial charge in [0.05, 0.1) is 18.6 Å². The van der Waals surface area contributed by atoms with Crippen molar-refractivity contribution >= 4 is 11.2 Å². The van der Waals surface area contributed by atoms with Crippen molar-refractivity contribution < 1.29 is 8.78 Å². The summed E-state index contributed by atoms with van der Waals surface area (Å²) in [5.41, 5.74) is 2.16. The quantitative estimate of drug-likeness (QED) is 0.400. The number of benzene rings is 3. The molecular weight excluding hydrogens is 438 g/mol. The van der Waals surface area contributed by atoms with Gasteiger partial charge < -0.3 is 4.57 Å². The molecule has 2 aromatic heterocycles. The summed E-state index contributed by atoms with van der Waals surface area (Å²) in [5.74, 6) is -1.92. The molecule has 170 valence electrons. The minimum Gasteiger partial charge on any atom is -0.320 e. The van der Waals surface area contributed by atoms with Crippen molar-refractivity contribution in [1.82, 2.24) is 18.7 Å². The second kappa shape index (κ2) is 8.55. The first-order valence-electron chi connectivity index (χ1n) is 10.7. The lowest BCUT2D eigenvalue weighted by Gasteiger charge is -2.13. The molecule has 8 heteroatoms. The summed E-state index contributed by atoms with van der Waals surface area (Å²) in [6.45, 7) is 2.07. The highest BCUT2D eigenvalue weighted by Gasteiger charge is 2.20. The number of fused-ring (bicyclic) bond motifs is 1. The highest BCUT2D eigenvalue weighted by molar-refractivity contribution is 5.72. The van der Waals surface area contributed by atoms with Crippen molar-refractivity contribution in [3.63, 3.8) is 0 Å². The molecule has 6 nitrogen and oxygen atoms in total. The van der Waals surface area contributed by atoms with Crippen molar-refractivity contribution in [2.75, 3.05) is 0 Å². The molecule has 5 aromatic rings. The van der Waals surface area contributed by atoms with Crippen LogP contribution in [0.25, 0.3) is 16.9 Å². The molecule has 0 N–H and O–H groups in total. The molecule has 5 rings (SSSR count). The molecule has 0 aliphatic rings. The van der Waals surface area contributed by atoms with Crippen LogP contribution in [0.3, 0.4) is 0 Å². The van der Waals surface area contributed by atoms with Crippen LogP contribution < -0.4 is 11.2 Å². The highest BCUT2D eigenvalue weighted by atomic mass is 19.2. The Bertz CT molecular complexity index is 1640. The predicted octanol–water partition coefficient (Wildman–Crippen LogP) is 4.03. The fourth-order valence-electron chi connectivity index (χ4n) is 4.04. The lowest BCUT2D eigenvalue weighted by Crippen LogP contribution is -2.40. The fourth-order valence-corrected chi connectivity index (χ4v) is 4.04. The predicted molar refractivity (Wildman–Crippen MR) is 125 cm³/mol. The van der Waals surface area contributed by atoms with Gasteiger partial charge in [-0.3, -0.25) is 9.36 Å². The van der Waals surface area contributed by atoms with Gasteiger partial charge in [0.25, 0.3) is 5.56 Å². The van der Waals surface area contributed by atoms with Gasteiger partial charge in [0, 0.05) is 6.54 Å². The number of halogens is 2. The summed E-state index contributed by atoms with van der Waals surface area (Å²) in [7, 11) is 0. The first kappa shape index (κ1) is 21.5. The molecule has 0 bridgehead atoms. The van der Waals surface area contributed by atoms with E-state index >= 15 is 0 Å². The number of hydrogen-bond acceptors (Lipinski definition) is 3. The molecule has 3 aromatic carbocycles. The van der Waals surface area contributed by atoms with Gasteiger partial charge >= 0.3 is 5.69 Å². The standard InChI is InChI=1S/C26H20F2N4O2/c1-17-6-5-9-20(12-17)32-24-23(25(33)31(26(32)34)15-18-7-3-2-4-8-18)30(16-29-24)14-19-10-11-21(27)22(28)13-19/h2-13,16H,14-15H2,1H3. The third-order valence-electron chi connectivity index (χ3n) is 5.68. The van der Waals surface area contributed by atoms with E-state index in [9.17, 15) is 18.4 Å². The maximum atomic E-state index is 13.8. The lowest BCUT2D eigenvalue weighted by atomic mass is 10.2. The van der Waals surface area contributed by atoms with Crippen molar-refractivity contribution in [3.05, 3.63) is 128 Å². The van der Waals surface area contributed by atoms with Crippen molar-refractivity contribution in [3.8, 4) is 5.69 Å². The molecule has 0 aliphatic heterocycles. The molecule has 0 aliphatic carbocycles. The van der Waals surface area contributed by atoms with Crippen molar-refractivity contribution in [1.29, 1.82) is 0 Å². The van der Waals surface area contributed by atoms with Gasteiger partial charge in [-0.15, -0.1) is 0 Å². The van der Waals surface area contributed by atoms with Gasteiger partial charge in [-0.25, -0.2) is 23.1 Å². The number of imidazole rings is 1. The topological polar surface area (TPSA) is 61.8 Å². The van der Waals surface area contributed by atoms with E-state index in [4.69, 9.17) is 0 Å². The molecule has 0 amide bonds. The van der Waals surface area contributed by atoms with E-state index in [0.717, 1.165) is 23.3 Å². The van der Waals surface area contributed by atoms with Crippen LogP contribution in [0.15, 0.2) is 88.7 Å². The minimum atomic E-state index is -0.972. The molecule has 2 heterocycles. The Balaban J connectivity index is 1.75. The average Bonchev–Trinajstić information content (AvgIpc) is 3.23. The van der Waals surface area contributed by atoms with Crippen LogP contribution in [0, 0.1) is 18.6 Å². The molecule has 0 fully saturated rings. The number of aryl methyl sites for hydroxylation is 1. The monoisotopic (exact) mass is 458 g/mol. The first-order valence-corrected chi connectivity index (χ1v) is 10.7. The third-order valence-corrected chi connectivity index (χ3v) is 5.68. The molecule has 0 saturated carbocycles. The minimum absolute atomic E-state index is 0.0800. The summed E-state index contributed by atoms with van der Waals surface area (Å²) in [5, 5.41) is 0. The number of aromatic nitrogens is 4. The third kappa shape index (κ3) is 3.83. The summed E-state index contributed by atoms with van der Waals surface area (Å²) in [6, 6.07) is 20.1. The molecule has 0 radical (unpaired) electrons. The summed E-state index contributed by atoms with van der Waals surface area (Å²) < 4.78 is 31.3. The van der Waals surface area contributed by atoms with Crippen LogP contribution in [0.5, 0.6) is 0 Å². The largest absolute Gasteiger partial charge is 0.337 e. The second-order valence-electron chi connectivity index (χ2n) is 8.13. The van der Waals surface area contributed by atoms with Crippen LogP contribution in [0.4, 0.5) is 8.78 Å². The summed E-state index contributed by atoms with van der Waals surface area (Å²) in [6.07, 6.45) is 1.44. The van der Waals surface area contributed by atoms with Crippen LogP contribution >= 0.6 is 0 Å². The van der Waals surface area contributed by atoms with Gasteiger partial charge in [0.15, 0.2) is 22.8 Å². The van der Waals surface area contributed by atoms with E-state index in [1.165, 1.54) is 21.5 Å². The van der Waals surface area contributed by atoms with Gasteiger partial charge in [-0.1, -0.05) is 48.5 Å². The fraction of sp³-hybridized carbons (Fsp3) is 0.115. The molecule has 34 heavy (non-hydrogen) atoms. The van der Waals surface area contributed by atoms with Gasteiger partial charge in [-0.05, 0) is 47.9 Å². The van der Waals surface area contributed by atoms with Crippen molar-refractivity contribution in [2.24, 2.45) is 0 Å². The Hall–Kier alpha value is -4.33. The zero-order valence-corrected chi connectivity index (χ0v) is 18.3. The lowest BCUT2D eigenvalue weighted by molar-refractivity contribution is 0.506. The van der Waals surface area contributed by atoms with Crippen LogP contribution in [-0.2, 0) is 13.1 Å². The number of hydrogen-bond donors (Lipinski definition) is 0. The van der Waals surface area contributed by atoms with E-state index in [2.05, 4.69) is 4.98 Å². The maximum absolute atomic E-state index is 13.8. The zero-order valence-electron chi connectivity index (χ0n) is 18.3. The summed E-state index contributed by atoms with van der Waals surface area (Å²) in [4.78, 5) is 31.5. The van der Waals surface area contributed by atoms with Crippen LogP contribution in [0.2, 0.25) is 0 Å². The van der Waals surface area contributed by atoms with Crippen LogP contribution in [-0.4, -0.2) is 18.7 Å². The van der Waals surface area contributed by atoms with Crippen LogP contribution in [0.1, 0.15) is 16.7 Å². The Morgan fingerprint density at radius 1 is 0.824 bits per heavy atom. The SMILES string of the molecule is Cc1cccc(-n2c(=O)n(Cc3ccccc3)c(=O)c3c2ncn3Cc2ccc(F)c(F)c2)c1. The number of rotatable bonds is 5. The van der Waals surface area contributed by atoms with E-state index in [1.54, 1.807) is 10.6 Å². The van der Waals surface area contributed by atoms with Gasteiger partial charge in [-0.2, -0.15) is 0 Å². The van der Waals surface area contributed by atoms with Gasteiger partial charge in [0.1, 0.15) is 0 Å². The Morgan fingerprint density at radius 2 is 1.62 bits per heavy atom. The molecule has 0 atom stereocenters. The smallest absolute Gasteiger partial charge is 0.320 e. The van der Waals surface area contributed by atoms with Crippen molar-refractivity contribution in [2.45, 2.75) is 20.0 Å². The van der Waals surface area contributed by atoms with E-state index < -0.39 is 22.9 Å². The average molecular weight is 458 g/mol. The molecular formula is C26H20F2N4O2. The normalized spacial score (nSPS) is 11.3.